The number of anilines is 1. The van der Waals surface area contributed by atoms with E-state index in [1.807, 2.05) is 54.6 Å². The third-order valence-electron chi connectivity index (χ3n) is 5.48. The standard InChI is InChI=1S/C28H32N2OS/c1-20(13-14-21-9-6-5-7-10-21)29-27(32)30-25-12-8-11-23(19-25)26(31)22-15-17-24(18-16-22)28(2,3)4/h5-12,15-20H,13-14H2,1-4H3,(H2,29,30,32). The molecule has 0 radical (unpaired) electrons. The molecule has 0 spiro atoms. The first-order chi connectivity index (χ1) is 15.2. The number of carbonyl (C=O) groups is 1. The fourth-order valence-corrected chi connectivity index (χ4v) is 3.84. The third-order valence-corrected chi connectivity index (χ3v) is 5.70. The molecule has 1 unspecified atom stereocenters. The number of benzene rings is 3. The molecule has 0 heterocycles. The lowest BCUT2D eigenvalue weighted by Gasteiger charge is -2.19. The van der Waals surface area contributed by atoms with Crippen LogP contribution in [0.15, 0.2) is 78.9 Å². The second-order valence-corrected chi connectivity index (χ2v) is 9.67. The Hall–Kier alpha value is -2.98. The van der Waals surface area contributed by atoms with Crippen molar-refractivity contribution in [3.63, 3.8) is 0 Å². The molecule has 0 bridgehead atoms. The van der Waals surface area contributed by atoms with E-state index in [2.05, 4.69) is 62.6 Å². The average molecular weight is 445 g/mol. The Morgan fingerprint density at radius 1 is 0.906 bits per heavy atom. The van der Waals surface area contributed by atoms with Crippen LogP contribution in [0.2, 0.25) is 0 Å². The number of aryl methyl sites for hydroxylation is 1. The minimum Gasteiger partial charge on any atom is -0.360 e. The fraction of sp³-hybridized carbons (Fsp3) is 0.286. The number of rotatable bonds is 7. The van der Waals surface area contributed by atoms with Crippen LogP contribution in [0.5, 0.6) is 0 Å². The van der Waals surface area contributed by atoms with Crippen molar-refractivity contribution in [2.24, 2.45) is 0 Å². The summed E-state index contributed by atoms with van der Waals surface area (Å²) < 4.78 is 0. The number of nitrogens with one attached hydrogen (secondary N) is 2. The monoisotopic (exact) mass is 444 g/mol. The number of thiocarbonyl (C=S) groups is 1. The summed E-state index contributed by atoms with van der Waals surface area (Å²) in [6.45, 7) is 8.62. The maximum atomic E-state index is 13.0. The van der Waals surface area contributed by atoms with Gasteiger partial charge in [0.2, 0.25) is 0 Å². The highest BCUT2D eigenvalue weighted by molar-refractivity contribution is 7.80. The number of hydrogen-bond acceptors (Lipinski definition) is 2. The Morgan fingerprint density at radius 3 is 2.25 bits per heavy atom. The molecule has 3 nitrogen and oxygen atoms in total. The first kappa shape index (κ1) is 23.7. The first-order valence-electron chi connectivity index (χ1n) is 11.1. The Labute approximate surface area is 197 Å². The lowest BCUT2D eigenvalue weighted by atomic mass is 9.86. The summed E-state index contributed by atoms with van der Waals surface area (Å²) in [5.74, 6) is 0.00390. The van der Waals surface area contributed by atoms with Gasteiger partial charge < -0.3 is 10.6 Å². The molecular weight excluding hydrogens is 412 g/mol. The van der Waals surface area contributed by atoms with Gasteiger partial charge in [0.15, 0.2) is 10.9 Å². The van der Waals surface area contributed by atoms with Crippen molar-refractivity contribution in [3.05, 3.63) is 101 Å². The van der Waals surface area contributed by atoms with Gasteiger partial charge in [0.05, 0.1) is 0 Å². The summed E-state index contributed by atoms with van der Waals surface area (Å²) in [5, 5.41) is 7.11. The zero-order chi connectivity index (χ0) is 23.1. The van der Waals surface area contributed by atoms with E-state index < -0.39 is 0 Å². The molecule has 1 atom stereocenters. The summed E-state index contributed by atoms with van der Waals surface area (Å²) >= 11 is 5.49. The fourth-order valence-electron chi connectivity index (χ4n) is 3.52. The highest BCUT2D eigenvalue weighted by Crippen LogP contribution is 2.23. The number of ketones is 1. The minimum absolute atomic E-state index is 0.00390. The van der Waals surface area contributed by atoms with Gasteiger partial charge in [0.25, 0.3) is 0 Å². The molecular formula is C28H32N2OS. The molecule has 0 aliphatic heterocycles. The van der Waals surface area contributed by atoms with Gasteiger partial charge in [-0.05, 0) is 60.7 Å². The van der Waals surface area contributed by atoms with Crippen LogP contribution in [0.1, 0.15) is 61.2 Å². The average Bonchev–Trinajstić information content (AvgIpc) is 2.77. The summed E-state index contributed by atoms with van der Waals surface area (Å²) in [6.07, 6.45) is 1.98. The van der Waals surface area contributed by atoms with E-state index in [1.54, 1.807) is 0 Å². The van der Waals surface area contributed by atoms with E-state index in [4.69, 9.17) is 12.2 Å². The van der Waals surface area contributed by atoms with Crippen LogP contribution in [0.25, 0.3) is 0 Å². The van der Waals surface area contributed by atoms with Gasteiger partial charge in [-0.2, -0.15) is 0 Å². The van der Waals surface area contributed by atoms with Crippen molar-refractivity contribution >= 4 is 28.8 Å². The third kappa shape index (κ3) is 6.76. The van der Waals surface area contributed by atoms with Crippen LogP contribution >= 0.6 is 12.2 Å². The summed E-state index contributed by atoms with van der Waals surface area (Å²) in [5.41, 5.74) is 4.72. The molecule has 3 aromatic carbocycles. The highest BCUT2D eigenvalue weighted by atomic mass is 32.1. The Morgan fingerprint density at radius 2 is 1.59 bits per heavy atom. The van der Waals surface area contributed by atoms with Gasteiger partial charge in [-0.25, -0.2) is 0 Å². The smallest absolute Gasteiger partial charge is 0.193 e. The molecule has 4 heteroatoms. The van der Waals surface area contributed by atoms with Gasteiger partial charge in [-0.15, -0.1) is 0 Å². The SMILES string of the molecule is CC(CCc1ccccc1)NC(=S)Nc1cccc(C(=O)c2ccc(C(C)(C)C)cc2)c1. The van der Waals surface area contributed by atoms with E-state index in [1.165, 1.54) is 11.1 Å². The highest BCUT2D eigenvalue weighted by Gasteiger charge is 2.15. The molecule has 3 aromatic rings. The molecule has 2 N–H and O–H groups in total. The largest absolute Gasteiger partial charge is 0.360 e. The van der Waals surface area contributed by atoms with E-state index in [0.717, 1.165) is 18.5 Å². The summed E-state index contributed by atoms with van der Waals surface area (Å²) in [7, 11) is 0. The van der Waals surface area contributed by atoms with Crippen LogP contribution in [-0.2, 0) is 11.8 Å². The van der Waals surface area contributed by atoms with E-state index in [9.17, 15) is 4.79 Å². The molecule has 0 aliphatic rings. The Balaban J connectivity index is 1.58. The predicted molar refractivity (Wildman–Crippen MR) is 139 cm³/mol. The van der Waals surface area contributed by atoms with Crippen molar-refractivity contribution in [2.75, 3.05) is 5.32 Å². The maximum absolute atomic E-state index is 13.0. The second kappa shape index (κ2) is 10.6. The second-order valence-electron chi connectivity index (χ2n) is 9.26. The first-order valence-corrected chi connectivity index (χ1v) is 11.5. The number of hydrogen-bond donors (Lipinski definition) is 2. The summed E-state index contributed by atoms with van der Waals surface area (Å²) in [6, 6.07) is 26.0. The predicted octanol–water partition coefficient (Wildman–Crippen LogP) is 6.52. The Kier molecular flexibility index (Phi) is 7.81. The zero-order valence-corrected chi connectivity index (χ0v) is 20.1. The van der Waals surface area contributed by atoms with E-state index in [-0.39, 0.29) is 17.2 Å². The molecule has 0 fully saturated rings. The maximum Gasteiger partial charge on any atom is 0.193 e. The van der Waals surface area contributed by atoms with Gasteiger partial charge >= 0.3 is 0 Å². The van der Waals surface area contributed by atoms with Crippen molar-refractivity contribution in [2.45, 2.75) is 52.0 Å². The van der Waals surface area contributed by atoms with Crippen LogP contribution in [0.3, 0.4) is 0 Å². The molecule has 3 rings (SSSR count). The van der Waals surface area contributed by atoms with E-state index in [0.29, 0.717) is 16.2 Å². The lowest BCUT2D eigenvalue weighted by Crippen LogP contribution is -2.36. The van der Waals surface area contributed by atoms with Gasteiger partial charge in [0, 0.05) is 22.9 Å². The topological polar surface area (TPSA) is 41.1 Å². The van der Waals surface area contributed by atoms with Gasteiger partial charge in [-0.1, -0.05) is 87.5 Å². The molecule has 0 amide bonds. The summed E-state index contributed by atoms with van der Waals surface area (Å²) in [4.78, 5) is 13.0. The van der Waals surface area contributed by atoms with Crippen LogP contribution in [0, 0.1) is 0 Å². The van der Waals surface area contributed by atoms with Gasteiger partial charge in [-0.3, -0.25) is 4.79 Å². The van der Waals surface area contributed by atoms with Crippen LogP contribution < -0.4 is 10.6 Å². The number of carbonyl (C=O) groups excluding carboxylic acids is 1. The normalized spacial score (nSPS) is 12.1. The van der Waals surface area contributed by atoms with Crippen molar-refractivity contribution < 1.29 is 4.79 Å². The molecule has 166 valence electrons. The zero-order valence-electron chi connectivity index (χ0n) is 19.3. The molecule has 0 aromatic heterocycles. The Bertz CT molecular complexity index is 1050. The van der Waals surface area contributed by atoms with Crippen molar-refractivity contribution in [3.8, 4) is 0 Å². The van der Waals surface area contributed by atoms with Gasteiger partial charge in [0.1, 0.15) is 0 Å². The molecule has 32 heavy (non-hydrogen) atoms. The molecule has 0 saturated heterocycles. The molecule has 0 saturated carbocycles. The van der Waals surface area contributed by atoms with Crippen LogP contribution in [-0.4, -0.2) is 16.9 Å². The quantitative estimate of drug-likeness (QED) is 0.321. The van der Waals surface area contributed by atoms with Crippen molar-refractivity contribution in [1.82, 2.24) is 5.32 Å². The van der Waals surface area contributed by atoms with E-state index >= 15 is 0 Å². The molecule has 0 aliphatic carbocycles. The van der Waals surface area contributed by atoms with Crippen molar-refractivity contribution in [1.29, 1.82) is 0 Å². The lowest BCUT2D eigenvalue weighted by molar-refractivity contribution is 0.103. The van der Waals surface area contributed by atoms with Crippen LogP contribution in [0.4, 0.5) is 5.69 Å². The minimum atomic E-state index is 0.00390.